The largest absolute Gasteiger partial charge is 0.496 e. The molecule has 7 nitrogen and oxygen atoms in total. The van der Waals surface area contributed by atoms with Gasteiger partial charge in [0.2, 0.25) is 0 Å². The highest BCUT2D eigenvalue weighted by molar-refractivity contribution is 7.25. The molecule has 0 bridgehead atoms. The molecule has 1 aliphatic carbocycles. The summed E-state index contributed by atoms with van der Waals surface area (Å²) < 4.78 is 8.13. The average molecular weight is 473 g/mol. The van der Waals surface area contributed by atoms with E-state index in [-0.39, 0.29) is 5.56 Å². The summed E-state index contributed by atoms with van der Waals surface area (Å²) in [6.45, 7) is 2.89. The Hall–Kier alpha value is -3.41. The molecule has 1 N–H and O–H groups in total. The molecule has 172 valence electrons. The van der Waals surface area contributed by atoms with E-state index in [2.05, 4.69) is 28.1 Å². The number of nitriles is 1. The topological polar surface area (TPSA) is 91.1 Å². The van der Waals surface area contributed by atoms with Gasteiger partial charge in [-0.15, -0.1) is 11.3 Å². The van der Waals surface area contributed by atoms with Gasteiger partial charge in [0.25, 0.3) is 5.56 Å². The first-order valence-electron chi connectivity index (χ1n) is 11.6. The van der Waals surface area contributed by atoms with Crippen molar-refractivity contribution in [2.24, 2.45) is 5.92 Å². The number of aromatic amines is 1. The van der Waals surface area contributed by atoms with Crippen LogP contribution in [0.2, 0.25) is 0 Å². The maximum Gasteiger partial charge on any atom is 0.328 e. The molecule has 2 aromatic heterocycles. The molecule has 2 aromatic carbocycles. The van der Waals surface area contributed by atoms with Crippen LogP contribution in [-0.2, 0) is 13.0 Å². The van der Waals surface area contributed by atoms with Gasteiger partial charge in [-0.25, -0.2) is 4.79 Å². The molecule has 2 atom stereocenters. The molecular formula is C26H24N4O3S. The Bertz CT molecular complexity index is 1590. The van der Waals surface area contributed by atoms with Crippen molar-refractivity contribution in [1.29, 1.82) is 5.26 Å². The van der Waals surface area contributed by atoms with Crippen LogP contribution in [0.25, 0.3) is 20.3 Å². The van der Waals surface area contributed by atoms with Crippen molar-refractivity contribution in [2.75, 3.05) is 26.7 Å². The van der Waals surface area contributed by atoms with Gasteiger partial charge in [0, 0.05) is 37.5 Å². The molecule has 0 saturated carbocycles. The predicted molar refractivity (Wildman–Crippen MR) is 133 cm³/mol. The Morgan fingerprint density at radius 3 is 2.82 bits per heavy atom. The number of thiophene rings is 1. The van der Waals surface area contributed by atoms with E-state index in [1.165, 1.54) is 27.0 Å². The van der Waals surface area contributed by atoms with E-state index in [0.29, 0.717) is 40.7 Å². The van der Waals surface area contributed by atoms with Crippen LogP contribution in [0.1, 0.15) is 29.0 Å². The number of nitrogens with one attached hydrogen (secondary N) is 1. The summed E-state index contributed by atoms with van der Waals surface area (Å²) in [6.07, 6.45) is 2.16. The van der Waals surface area contributed by atoms with Crippen molar-refractivity contribution >= 4 is 31.6 Å². The van der Waals surface area contributed by atoms with Crippen LogP contribution in [0.5, 0.6) is 5.75 Å². The van der Waals surface area contributed by atoms with Crippen LogP contribution >= 0.6 is 11.3 Å². The number of hydrogen-bond donors (Lipinski definition) is 1. The Labute approximate surface area is 199 Å². The van der Waals surface area contributed by atoms with Gasteiger partial charge < -0.3 is 14.6 Å². The highest BCUT2D eigenvalue weighted by atomic mass is 32.1. The van der Waals surface area contributed by atoms with Crippen LogP contribution in [0.3, 0.4) is 0 Å². The SMILES string of the molecule is COc1cccc2c1CC[C@H]1CN(CCn3c(=O)[nH]c4c(sc5c(C#N)cccc54)c3=O)C[C@@H]21. The number of benzene rings is 2. The zero-order chi connectivity index (χ0) is 23.4. The maximum atomic E-state index is 13.2. The van der Waals surface area contributed by atoms with Crippen molar-refractivity contribution in [3.8, 4) is 11.8 Å². The van der Waals surface area contributed by atoms with E-state index in [9.17, 15) is 14.9 Å². The summed E-state index contributed by atoms with van der Waals surface area (Å²) in [5.41, 5.74) is 3.07. The van der Waals surface area contributed by atoms with Crippen LogP contribution in [0.15, 0.2) is 46.0 Å². The fourth-order valence-corrected chi connectivity index (χ4v) is 6.99. The van der Waals surface area contributed by atoms with Crippen molar-refractivity contribution in [1.82, 2.24) is 14.5 Å². The molecule has 4 aromatic rings. The second kappa shape index (κ2) is 8.12. The number of methoxy groups -OCH3 is 1. The van der Waals surface area contributed by atoms with Crippen molar-refractivity contribution in [3.63, 3.8) is 0 Å². The summed E-state index contributed by atoms with van der Waals surface area (Å²) >= 11 is 1.28. The van der Waals surface area contributed by atoms with E-state index in [0.717, 1.165) is 41.8 Å². The van der Waals surface area contributed by atoms with Crippen LogP contribution < -0.4 is 16.0 Å². The standard InChI is InChI=1S/C26H24N4O3S/c1-33-21-7-3-5-17-18(21)9-8-16-13-29(14-20(16)17)10-11-30-25(31)24-22(28-26(30)32)19-6-2-4-15(12-27)23(19)34-24/h2-7,16,20H,8-11,13-14H2,1H3,(H,28,32)/t16-,20+/m0/s1. The molecule has 0 unspecified atom stereocenters. The number of nitrogens with zero attached hydrogens (tertiary/aromatic N) is 3. The highest BCUT2D eigenvalue weighted by Crippen LogP contribution is 2.44. The number of H-pyrrole nitrogens is 1. The molecule has 3 heterocycles. The fourth-order valence-electron chi connectivity index (χ4n) is 5.82. The van der Waals surface area contributed by atoms with E-state index >= 15 is 0 Å². The van der Waals surface area contributed by atoms with E-state index in [4.69, 9.17) is 4.74 Å². The Morgan fingerprint density at radius 1 is 1.15 bits per heavy atom. The summed E-state index contributed by atoms with van der Waals surface area (Å²) in [5, 5.41) is 10.2. The fraction of sp³-hybridized carbons (Fsp3) is 0.346. The lowest BCUT2D eigenvalue weighted by atomic mass is 9.77. The third-order valence-corrected chi connectivity index (χ3v) is 8.69. The lowest BCUT2D eigenvalue weighted by Gasteiger charge is -2.28. The number of aromatic nitrogens is 2. The minimum atomic E-state index is -0.397. The normalized spacial score (nSPS) is 19.8. The minimum absolute atomic E-state index is 0.282. The van der Waals surface area contributed by atoms with Crippen LogP contribution in [-0.4, -0.2) is 41.2 Å². The Kier molecular flexibility index (Phi) is 5.05. The monoisotopic (exact) mass is 472 g/mol. The Balaban J connectivity index is 1.27. The molecule has 34 heavy (non-hydrogen) atoms. The summed E-state index contributed by atoms with van der Waals surface area (Å²) in [5.74, 6) is 2.02. The van der Waals surface area contributed by atoms with Gasteiger partial charge in [-0.1, -0.05) is 24.3 Å². The molecule has 0 amide bonds. The smallest absolute Gasteiger partial charge is 0.328 e. The van der Waals surface area contributed by atoms with Gasteiger partial charge in [-0.05, 0) is 42.0 Å². The summed E-state index contributed by atoms with van der Waals surface area (Å²) in [4.78, 5) is 31.4. The molecular weight excluding hydrogens is 448 g/mol. The van der Waals surface area contributed by atoms with Gasteiger partial charge in [-0.2, -0.15) is 5.26 Å². The molecule has 0 radical (unpaired) electrons. The molecule has 8 heteroatoms. The number of likely N-dealkylation sites (tertiary alicyclic amines) is 1. The molecule has 1 aliphatic heterocycles. The number of ether oxygens (including phenoxy) is 1. The van der Waals surface area contributed by atoms with E-state index < -0.39 is 5.69 Å². The third kappa shape index (κ3) is 3.19. The van der Waals surface area contributed by atoms with Crippen LogP contribution in [0, 0.1) is 17.2 Å². The highest BCUT2D eigenvalue weighted by Gasteiger charge is 2.38. The van der Waals surface area contributed by atoms with Gasteiger partial charge in [-0.3, -0.25) is 9.36 Å². The number of fused-ring (bicyclic) bond motifs is 6. The number of hydrogen-bond acceptors (Lipinski definition) is 6. The van der Waals surface area contributed by atoms with Gasteiger partial charge >= 0.3 is 5.69 Å². The van der Waals surface area contributed by atoms with E-state index in [1.807, 2.05) is 12.1 Å². The zero-order valence-electron chi connectivity index (χ0n) is 18.8. The molecule has 1 saturated heterocycles. The second-order valence-electron chi connectivity index (χ2n) is 9.18. The average Bonchev–Trinajstić information content (AvgIpc) is 3.45. The lowest BCUT2D eigenvalue weighted by Crippen LogP contribution is -2.38. The van der Waals surface area contributed by atoms with Gasteiger partial charge in [0.05, 0.1) is 22.9 Å². The minimum Gasteiger partial charge on any atom is -0.496 e. The Morgan fingerprint density at radius 2 is 2.00 bits per heavy atom. The third-order valence-electron chi connectivity index (χ3n) is 7.46. The molecule has 0 spiro atoms. The molecule has 2 aliphatic rings. The molecule has 1 fully saturated rings. The lowest BCUT2D eigenvalue weighted by molar-refractivity contribution is 0.303. The quantitative estimate of drug-likeness (QED) is 0.491. The maximum absolute atomic E-state index is 13.2. The van der Waals surface area contributed by atoms with Crippen molar-refractivity contribution in [3.05, 3.63) is 73.9 Å². The van der Waals surface area contributed by atoms with E-state index in [1.54, 1.807) is 19.2 Å². The second-order valence-corrected chi connectivity index (χ2v) is 10.2. The summed E-state index contributed by atoms with van der Waals surface area (Å²) in [6, 6.07) is 13.8. The first-order valence-corrected chi connectivity index (χ1v) is 12.4. The predicted octanol–water partition coefficient (Wildman–Crippen LogP) is 3.45. The van der Waals surface area contributed by atoms with Crippen molar-refractivity contribution < 1.29 is 4.74 Å². The van der Waals surface area contributed by atoms with Crippen LogP contribution in [0.4, 0.5) is 0 Å². The first-order chi connectivity index (χ1) is 16.6. The summed E-state index contributed by atoms with van der Waals surface area (Å²) in [7, 11) is 1.73. The number of rotatable bonds is 4. The van der Waals surface area contributed by atoms with Gasteiger partial charge in [0.1, 0.15) is 16.5 Å². The zero-order valence-corrected chi connectivity index (χ0v) is 19.7. The van der Waals surface area contributed by atoms with Gasteiger partial charge in [0.15, 0.2) is 0 Å². The molecule has 6 rings (SSSR count). The van der Waals surface area contributed by atoms with Crippen molar-refractivity contribution in [2.45, 2.75) is 25.3 Å². The first kappa shape index (κ1) is 21.1.